The number of hydrogen-bond acceptors (Lipinski definition) is 6. The van der Waals surface area contributed by atoms with Crippen molar-refractivity contribution in [2.45, 2.75) is 30.0 Å². The molecule has 162 valence electrons. The molecule has 1 unspecified atom stereocenters. The summed E-state index contributed by atoms with van der Waals surface area (Å²) in [5.74, 6) is 0.565. The fraction of sp³-hybridized carbons (Fsp3) is 0.450. The van der Waals surface area contributed by atoms with Crippen LogP contribution in [0.25, 0.3) is 0 Å². The second-order valence-electron chi connectivity index (χ2n) is 7.31. The van der Waals surface area contributed by atoms with Gasteiger partial charge in [0.15, 0.2) is 11.5 Å². The molecule has 0 aliphatic carbocycles. The van der Waals surface area contributed by atoms with E-state index in [4.69, 9.17) is 21.1 Å². The van der Waals surface area contributed by atoms with Gasteiger partial charge in [0.05, 0.1) is 24.2 Å². The van der Waals surface area contributed by atoms with Gasteiger partial charge in [-0.15, -0.1) is 11.3 Å². The molecule has 0 radical (unpaired) electrons. The molecule has 2 aromatic rings. The Kier molecular flexibility index (Phi) is 6.52. The first-order valence-electron chi connectivity index (χ1n) is 9.84. The first kappa shape index (κ1) is 21.4. The van der Waals surface area contributed by atoms with Crippen molar-refractivity contribution in [1.82, 2.24) is 9.62 Å². The van der Waals surface area contributed by atoms with Gasteiger partial charge in [-0.1, -0.05) is 17.7 Å². The Morgan fingerprint density at radius 3 is 2.90 bits per heavy atom. The number of fused-ring (bicyclic) bond motifs is 1. The molecule has 1 aromatic heterocycles. The van der Waals surface area contributed by atoms with Crippen LogP contribution in [0.2, 0.25) is 5.02 Å². The van der Waals surface area contributed by atoms with Crippen LogP contribution in [0.3, 0.4) is 0 Å². The summed E-state index contributed by atoms with van der Waals surface area (Å²) >= 11 is 7.50. The first-order chi connectivity index (χ1) is 14.4. The fourth-order valence-corrected chi connectivity index (χ4v) is 6.59. The SMILES string of the molecule is O=C(NCc1cc(Cl)c2c(c1)OCCCO2)C1CCCN(S(=O)(=O)c2cccs2)C1. The van der Waals surface area contributed by atoms with E-state index in [1.807, 2.05) is 6.07 Å². The van der Waals surface area contributed by atoms with Crippen LogP contribution < -0.4 is 14.8 Å². The maximum Gasteiger partial charge on any atom is 0.252 e. The molecule has 7 nitrogen and oxygen atoms in total. The lowest BCUT2D eigenvalue weighted by Crippen LogP contribution is -2.45. The number of hydrogen-bond donors (Lipinski definition) is 1. The second kappa shape index (κ2) is 9.13. The number of piperidine rings is 1. The molecule has 4 rings (SSSR count). The number of rotatable bonds is 5. The van der Waals surface area contributed by atoms with Crippen molar-refractivity contribution in [3.8, 4) is 11.5 Å². The van der Waals surface area contributed by atoms with Crippen molar-refractivity contribution in [3.05, 3.63) is 40.2 Å². The van der Waals surface area contributed by atoms with E-state index in [1.165, 1.54) is 15.6 Å². The highest BCUT2D eigenvalue weighted by molar-refractivity contribution is 7.91. The molecule has 2 aliphatic rings. The Hall–Kier alpha value is -1.81. The van der Waals surface area contributed by atoms with Gasteiger partial charge in [-0.05, 0) is 42.0 Å². The lowest BCUT2D eigenvalue weighted by molar-refractivity contribution is -0.126. The van der Waals surface area contributed by atoms with Crippen LogP contribution in [0.5, 0.6) is 11.5 Å². The zero-order chi connectivity index (χ0) is 21.1. The predicted molar refractivity (Wildman–Crippen MR) is 115 cm³/mol. The molecule has 1 aromatic carbocycles. The van der Waals surface area contributed by atoms with Crippen LogP contribution >= 0.6 is 22.9 Å². The van der Waals surface area contributed by atoms with E-state index in [0.717, 1.165) is 12.0 Å². The summed E-state index contributed by atoms with van der Waals surface area (Å²) in [6.45, 7) is 2.00. The highest BCUT2D eigenvalue weighted by atomic mass is 35.5. The normalized spacial score (nSPS) is 19.8. The average Bonchev–Trinajstić information content (AvgIpc) is 3.19. The lowest BCUT2D eigenvalue weighted by Gasteiger charge is -2.30. The number of nitrogens with zero attached hydrogens (tertiary/aromatic N) is 1. The summed E-state index contributed by atoms with van der Waals surface area (Å²) in [5, 5.41) is 5.10. The van der Waals surface area contributed by atoms with Crippen molar-refractivity contribution in [2.24, 2.45) is 5.92 Å². The summed E-state index contributed by atoms with van der Waals surface area (Å²) in [7, 11) is -3.55. The number of thiophene rings is 1. The Bertz CT molecular complexity index is 1010. The largest absolute Gasteiger partial charge is 0.489 e. The molecular weight excluding hydrogens is 448 g/mol. The first-order valence-corrected chi connectivity index (χ1v) is 12.5. The molecule has 1 N–H and O–H groups in total. The number of nitrogens with one attached hydrogen (secondary N) is 1. The third kappa shape index (κ3) is 4.59. The van der Waals surface area contributed by atoms with Gasteiger partial charge < -0.3 is 14.8 Å². The van der Waals surface area contributed by atoms with Crippen molar-refractivity contribution < 1.29 is 22.7 Å². The van der Waals surface area contributed by atoms with E-state index in [2.05, 4.69) is 5.32 Å². The fourth-order valence-electron chi connectivity index (χ4n) is 3.63. The zero-order valence-electron chi connectivity index (χ0n) is 16.3. The molecule has 3 heterocycles. The Balaban J connectivity index is 1.40. The second-order valence-corrected chi connectivity index (χ2v) is 10.8. The molecule has 1 fully saturated rings. The van der Waals surface area contributed by atoms with Crippen LogP contribution in [0.1, 0.15) is 24.8 Å². The molecular formula is C20H23ClN2O5S2. The minimum absolute atomic E-state index is 0.163. The van der Waals surface area contributed by atoms with Crippen LogP contribution in [0.15, 0.2) is 33.9 Å². The summed E-state index contributed by atoms with van der Waals surface area (Å²) in [4.78, 5) is 12.7. The Morgan fingerprint density at radius 1 is 1.27 bits per heavy atom. The van der Waals surface area contributed by atoms with Gasteiger partial charge in [0.1, 0.15) is 4.21 Å². The van der Waals surface area contributed by atoms with Crippen LogP contribution in [0, 0.1) is 5.92 Å². The van der Waals surface area contributed by atoms with E-state index >= 15 is 0 Å². The number of benzene rings is 1. The molecule has 0 saturated carbocycles. The highest BCUT2D eigenvalue weighted by Gasteiger charge is 2.33. The smallest absolute Gasteiger partial charge is 0.252 e. The maximum atomic E-state index is 12.8. The van der Waals surface area contributed by atoms with E-state index in [1.54, 1.807) is 23.6 Å². The third-order valence-corrected chi connectivity index (χ3v) is 8.69. The zero-order valence-corrected chi connectivity index (χ0v) is 18.7. The molecule has 0 bridgehead atoms. The standard InChI is InChI=1S/C20H23ClN2O5S2/c21-16-10-14(11-17-19(16)28-8-3-7-27-17)12-22-20(24)15-4-1-6-23(13-15)30(25,26)18-5-2-9-29-18/h2,5,9-11,15H,1,3-4,6-8,12-13H2,(H,22,24). The molecule has 30 heavy (non-hydrogen) atoms. The quantitative estimate of drug-likeness (QED) is 0.724. The number of sulfonamides is 1. The number of amides is 1. The highest BCUT2D eigenvalue weighted by Crippen LogP contribution is 2.38. The minimum Gasteiger partial charge on any atom is -0.489 e. The summed E-state index contributed by atoms with van der Waals surface area (Å²) in [6, 6.07) is 6.88. The van der Waals surface area contributed by atoms with E-state index in [-0.39, 0.29) is 24.9 Å². The number of halogens is 1. The number of ether oxygens (including phenoxy) is 2. The van der Waals surface area contributed by atoms with Gasteiger partial charge in [-0.25, -0.2) is 8.42 Å². The van der Waals surface area contributed by atoms with Gasteiger partial charge >= 0.3 is 0 Å². The molecule has 1 amide bonds. The van der Waals surface area contributed by atoms with Crippen molar-refractivity contribution in [1.29, 1.82) is 0 Å². The van der Waals surface area contributed by atoms with Crippen molar-refractivity contribution in [3.63, 3.8) is 0 Å². The predicted octanol–water partition coefficient (Wildman–Crippen LogP) is 3.28. The van der Waals surface area contributed by atoms with Gasteiger partial charge in [0, 0.05) is 26.1 Å². The minimum atomic E-state index is -3.55. The maximum absolute atomic E-state index is 12.8. The number of carbonyl (C=O) groups is 1. The van der Waals surface area contributed by atoms with Gasteiger partial charge in [0.25, 0.3) is 10.0 Å². The molecule has 0 spiro atoms. The van der Waals surface area contributed by atoms with Crippen molar-refractivity contribution in [2.75, 3.05) is 26.3 Å². The lowest BCUT2D eigenvalue weighted by atomic mass is 9.98. The van der Waals surface area contributed by atoms with Crippen LogP contribution in [0.4, 0.5) is 0 Å². The van der Waals surface area contributed by atoms with E-state index in [9.17, 15) is 13.2 Å². The Morgan fingerprint density at radius 2 is 2.10 bits per heavy atom. The van der Waals surface area contributed by atoms with Crippen LogP contribution in [-0.2, 0) is 21.4 Å². The summed E-state index contributed by atoms with van der Waals surface area (Å²) < 4.78 is 38.6. The monoisotopic (exact) mass is 470 g/mol. The average molecular weight is 471 g/mol. The molecule has 1 atom stereocenters. The third-order valence-electron chi connectivity index (χ3n) is 5.17. The van der Waals surface area contributed by atoms with Gasteiger partial charge in [-0.3, -0.25) is 4.79 Å². The van der Waals surface area contributed by atoms with E-state index < -0.39 is 10.0 Å². The topological polar surface area (TPSA) is 84.9 Å². The van der Waals surface area contributed by atoms with Crippen molar-refractivity contribution >= 4 is 38.9 Å². The van der Waals surface area contributed by atoms with Crippen LogP contribution in [-0.4, -0.2) is 44.9 Å². The molecule has 2 aliphatic heterocycles. The van der Waals surface area contributed by atoms with Gasteiger partial charge in [0.2, 0.25) is 5.91 Å². The molecule has 1 saturated heterocycles. The number of carbonyl (C=O) groups excluding carboxylic acids is 1. The summed E-state index contributed by atoms with van der Waals surface area (Å²) in [6.07, 6.45) is 2.09. The Labute approximate surface area is 185 Å². The summed E-state index contributed by atoms with van der Waals surface area (Å²) in [5.41, 5.74) is 0.802. The van der Waals surface area contributed by atoms with E-state index in [0.29, 0.717) is 53.3 Å². The van der Waals surface area contributed by atoms with Gasteiger partial charge in [-0.2, -0.15) is 4.31 Å². The molecule has 10 heteroatoms.